The van der Waals surface area contributed by atoms with E-state index in [4.69, 9.17) is 10.2 Å². The van der Waals surface area contributed by atoms with Gasteiger partial charge < -0.3 is 15.1 Å². The molecule has 0 aromatic heterocycles. The Morgan fingerprint density at radius 1 is 1.38 bits per heavy atom. The molecule has 4 nitrogen and oxygen atoms in total. The molecule has 0 aromatic carbocycles. The number of carbonyl (C=O) groups excluding carboxylic acids is 1. The molecule has 76 valence electrons. The fourth-order valence-corrected chi connectivity index (χ4v) is 1.60. The minimum Gasteiger partial charge on any atom is -0.394 e. The van der Waals surface area contributed by atoms with Gasteiger partial charge in [0.05, 0.1) is 18.8 Å². The minimum absolute atomic E-state index is 0.0388. The van der Waals surface area contributed by atoms with Crippen molar-refractivity contribution >= 4 is 5.91 Å². The zero-order valence-electron chi connectivity index (χ0n) is 7.99. The van der Waals surface area contributed by atoms with E-state index in [2.05, 4.69) is 0 Å². The molecule has 0 saturated carbocycles. The lowest BCUT2D eigenvalue weighted by Crippen LogP contribution is -2.56. The van der Waals surface area contributed by atoms with Gasteiger partial charge in [-0.15, -0.1) is 0 Å². The van der Waals surface area contributed by atoms with Gasteiger partial charge in [-0.1, -0.05) is 0 Å². The van der Waals surface area contributed by atoms with Gasteiger partial charge in [0.1, 0.15) is 0 Å². The first kappa shape index (κ1) is 10.5. The van der Waals surface area contributed by atoms with Crippen molar-refractivity contribution < 1.29 is 15.0 Å². The van der Waals surface area contributed by atoms with Gasteiger partial charge in [0, 0.05) is 13.0 Å². The van der Waals surface area contributed by atoms with E-state index in [1.54, 1.807) is 11.8 Å². The van der Waals surface area contributed by atoms with Crippen LogP contribution in [0.3, 0.4) is 0 Å². The summed E-state index contributed by atoms with van der Waals surface area (Å²) in [5.41, 5.74) is -0.780. The standard InChI is InChI=1S/C9H17NO3/c1-9(6-11,7-12)10-5-3-2-4-8(10)13/h11-12H,2-7H2,1H3. The van der Waals surface area contributed by atoms with Crippen molar-refractivity contribution in [3.05, 3.63) is 0 Å². The monoisotopic (exact) mass is 187 g/mol. The molecule has 0 atom stereocenters. The Hall–Kier alpha value is -0.610. The second-order valence-electron chi connectivity index (χ2n) is 3.82. The maximum atomic E-state index is 11.5. The predicted molar refractivity (Wildman–Crippen MR) is 48.1 cm³/mol. The number of aliphatic hydroxyl groups is 2. The summed E-state index contributed by atoms with van der Waals surface area (Å²) in [5, 5.41) is 18.2. The topological polar surface area (TPSA) is 60.8 Å². The maximum absolute atomic E-state index is 11.5. The molecule has 1 heterocycles. The van der Waals surface area contributed by atoms with Crippen molar-refractivity contribution in [3.63, 3.8) is 0 Å². The fourth-order valence-electron chi connectivity index (χ4n) is 1.60. The molecule has 1 amide bonds. The molecular formula is C9H17NO3. The van der Waals surface area contributed by atoms with Gasteiger partial charge in [0.25, 0.3) is 0 Å². The quantitative estimate of drug-likeness (QED) is 0.640. The number of hydrogen-bond acceptors (Lipinski definition) is 3. The summed E-state index contributed by atoms with van der Waals surface area (Å²) in [6.07, 6.45) is 2.42. The summed E-state index contributed by atoms with van der Waals surface area (Å²) in [4.78, 5) is 13.1. The highest BCUT2D eigenvalue weighted by Gasteiger charge is 2.35. The number of amides is 1. The van der Waals surface area contributed by atoms with E-state index in [0.717, 1.165) is 12.8 Å². The summed E-state index contributed by atoms with van der Waals surface area (Å²) in [5.74, 6) is 0.0388. The Morgan fingerprint density at radius 3 is 2.46 bits per heavy atom. The predicted octanol–water partition coefficient (Wildman–Crippen LogP) is -0.258. The molecule has 1 aliphatic rings. The third-order valence-corrected chi connectivity index (χ3v) is 2.66. The van der Waals surface area contributed by atoms with Crippen LogP contribution in [0.25, 0.3) is 0 Å². The molecule has 4 heteroatoms. The molecule has 13 heavy (non-hydrogen) atoms. The molecule has 0 unspecified atom stereocenters. The van der Waals surface area contributed by atoms with Gasteiger partial charge in [-0.2, -0.15) is 0 Å². The van der Waals surface area contributed by atoms with Gasteiger partial charge in [-0.25, -0.2) is 0 Å². The third-order valence-electron chi connectivity index (χ3n) is 2.66. The summed E-state index contributed by atoms with van der Waals surface area (Å²) >= 11 is 0. The summed E-state index contributed by atoms with van der Waals surface area (Å²) < 4.78 is 0. The Labute approximate surface area is 78.2 Å². The summed E-state index contributed by atoms with van der Waals surface area (Å²) in [7, 11) is 0. The van der Waals surface area contributed by atoms with Gasteiger partial charge in [0.15, 0.2) is 0 Å². The van der Waals surface area contributed by atoms with E-state index in [1.165, 1.54) is 0 Å². The highest BCUT2D eigenvalue weighted by atomic mass is 16.3. The van der Waals surface area contributed by atoms with Crippen LogP contribution < -0.4 is 0 Å². The Morgan fingerprint density at radius 2 is 2.00 bits per heavy atom. The van der Waals surface area contributed by atoms with E-state index in [9.17, 15) is 4.79 Å². The van der Waals surface area contributed by atoms with Crippen LogP contribution in [0.1, 0.15) is 26.2 Å². The summed E-state index contributed by atoms with van der Waals surface area (Å²) in [6.45, 7) is 1.98. The molecule has 0 aromatic rings. The van der Waals surface area contributed by atoms with Crippen molar-refractivity contribution in [2.75, 3.05) is 19.8 Å². The molecule has 1 rings (SSSR count). The molecule has 0 bridgehead atoms. The molecule has 0 spiro atoms. The lowest BCUT2D eigenvalue weighted by molar-refractivity contribution is -0.143. The largest absolute Gasteiger partial charge is 0.394 e. The smallest absolute Gasteiger partial charge is 0.223 e. The van der Waals surface area contributed by atoms with Crippen molar-refractivity contribution in [3.8, 4) is 0 Å². The van der Waals surface area contributed by atoms with Gasteiger partial charge >= 0.3 is 0 Å². The first-order valence-corrected chi connectivity index (χ1v) is 4.66. The second-order valence-corrected chi connectivity index (χ2v) is 3.82. The van der Waals surface area contributed by atoms with Crippen LogP contribution in [0, 0.1) is 0 Å². The van der Waals surface area contributed by atoms with E-state index >= 15 is 0 Å². The first-order chi connectivity index (χ1) is 6.14. The van der Waals surface area contributed by atoms with Crippen molar-refractivity contribution in [2.45, 2.75) is 31.7 Å². The van der Waals surface area contributed by atoms with Crippen LogP contribution in [0.4, 0.5) is 0 Å². The highest BCUT2D eigenvalue weighted by Crippen LogP contribution is 2.21. The average Bonchev–Trinajstić information content (AvgIpc) is 2.17. The fraction of sp³-hybridized carbons (Fsp3) is 0.889. The molecule has 1 saturated heterocycles. The number of piperidine rings is 1. The van der Waals surface area contributed by atoms with E-state index in [0.29, 0.717) is 13.0 Å². The zero-order valence-corrected chi connectivity index (χ0v) is 7.99. The van der Waals surface area contributed by atoms with Crippen molar-refractivity contribution in [1.29, 1.82) is 0 Å². The molecule has 0 radical (unpaired) electrons. The normalized spacial score (nSPS) is 19.3. The van der Waals surface area contributed by atoms with E-state index < -0.39 is 5.54 Å². The van der Waals surface area contributed by atoms with Crippen LogP contribution >= 0.6 is 0 Å². The average molecular weight is 187 g/mol. The van der Waals surface area contributed by atoms with Crippen molar-refractivity contribution in [2.24, 2.45) is 0 Å². The van der Waals surface area contributed by atoms with Crippen LogP contribution in [-0.4, -0.2) is 46.3 Å². The first-order valence-electron chi connectivity index (χ1n) is 4.66. The Kier molecular flexibility index (Phi) is 3.27. The number of carbonyl (C=O) groups is 1. The third kappa shape index (κ3) is 2.00. The molecular weight excluding hydrogens is 170 g/mol. The SMILES string of the molecule is CC(CO)(CO)N1CCCCC1=O. The van der Waals surface area contributed by atoms with Crippen LogP contribution in [0.15, 0.2) is 0 Å². The zero-order chi connectivity index (χ0) is 9.90. The molecule has 2 N–H and O–H groups in total. The van der Waals surface area contributed by atoms with Gasteiger partial charge in [-0.05, 0) is 19.8 Å². The number of aliphatic hydroxyl groups excluding tert-OH is 2. The highest BCUT2D eigenvalue weighted by molar-refractivity contribution is 5.77. The number of rotatable bonds is 3. The Bertz CT molecular complexity index is 189. The minimum atomic E-state index is -0.780. The summed E-state index contributed by atoms with van der Waals surface area (Å²) in [6, 6.07) is 0. The van der Waals surface area contributed by atoms with E-state index in [1.807, 2.05) is 0 Å². The second kappa shape index (κ2) is 4.07. The van der Waals surface area contributed by atoms with Crippen LogP contribution in [-0.2, 0) is 4.79 Å². The van der Waals surface area contributed by atoms with Gasteiger partial charge in [0.2, 0.25) is 5.91 Å². The molecule has 1 fully saturated rings. The van der Waals surface area contributed by atoms with E-state index in [-0.39, 0.29) is 19.1 Å². The molecule has 0 aliphatic carbocycles. The lowest BCUT2D eigenvalue weighted by atomic mass is 9.98. The number of hydrogen-bond donors (Lipinski definition) is 2. The van der Waals surface area contributed by atoms with Crippen molar-refractivity contribution in [1.82, 2.24) is 4.90 Å². The number of likely N-dealkylation sites (tertiary alicyclic amines) is 1. The van der Waals surface area contributed by atoms with Crippen LogP contribution in [0.2, 0.25) is 0 Å². The van der Waals surface area contributed by atoms with Gasteiger partial charge in [-0.3, -0.25) is 4.79 Å². The maximum Gasteiger partial charge on any atom is 0.223 e. The number of nitrogens with zero attached hydrogens (tertiary/aromatic N) is 1. The van der Waals surface area contributed by atoms with Crippen LogP contribution in [0.5, 0.6) is 0 Å². The Balaban J connectivity index is 2.71. The molecule has 1 aliphatic heterocycles. The lowest BCUT2D eigenvalue weighted by Gasteiger charge is -2.41.